The van der Waals surface area contributed by atoms with E-state index in [0.717, 1.165) is 21.9 Å². The van der Waals surface area contributed by atoms with Gasteiger partial charge in [0.2, 0.25) is 0 Å². The summed E-state index contributed by atoms with van der Waals surface area (Å²) in [6.07, 6.45) is 1.43. The van der Waals surface area contributed by atoms with E-state index in [2.05, 4.69) is 17.4 Å². The predicted molar refractivity (Wildman–Crippen MR) is 164 cm³/mol. The molecule has 5 aromatic carbocycles. The number of ether oxygens (including phenoxy) is 2. The smallest absolute Gasteiger partial charge is 0.266 e. The zero-order valence-electron chi connectivity index (χ0n) is 21.8. The minimum atomic E-state index is -0.561. The van der Waals surface area contributed by atoms with E-state index in [9.17, 15) is 10.1 Å². The Balaban J connectivity index is 1.22. The van der Waals surface area contributed by atoms with Crippen molar-refractivity contribution in [1.82, 2.24) is 0 Å². The molecular formula is C34H24Cl2N2O3. The molecule has 5 nitrogen and oxygen atoms in total. The molecule has 0 bridgehead atoms. The lowest BCUT2D eigenvalue weighted by Crippen LogP contribution is -2.13. The number of fused-ring (bicyclic) bond motifs is 1. The van der Waals surface area contributed by atoms with Crippen molar-refractivity contribution < 1.29 is 14.3 Å². The maximum atomic E-state index is 12.8. The summed E-state index contributed by atoms with van der Waals surface area (Å²) >= 11 is 13.0. The Labute approximate surface area is 248 Å². The van der Waals surface area contributed by atoms with Gasteiger partial charge >= 0.3 is 0 Å². The van der Waals surface area contributed by atoms with Crippen LogP contribution in [0.2, 0.25) is 10.0 Å². The Hall–Kier alpha value is -4.76. The van der Waals surface area contributed by atoms with Crippen molar-refractivity contribution >= 4 is 51.6 Å². The van der Waals surface area contributed by atoms with E-state index in [-0.39, 0.29) is 22.2 Å². The van der Waals surface area contributed by atoms with Crippen LogP contribution in [0.15, 0.2) is 115 Å². The first kappa shape index (κ1) is 27.8. The second-order valence-corrected chi connectivity index (χ2v) is 10.0. The fraction of sp³-hybridized carbons (Fsp3) is 0.0588. The van der Waals surface area contributed by atoms with Crippen molar-refractivity contribution in [3.8, 4) is 17.6 Å². The first-order chi connectivity index (χ1) is 20.0. The third kappa shape index (κ3) is 7.26. The summed E-state index contributed by atoms with van der Waals surface area (Å²) in [6.45, 7) is 0.716. The van der Waals surface area contributed by atoms with Crippen molar-refractivity contribution in [2.75, 3.05) is 5.32 Å². The van der Waals surface area contributed by atoms with E-state index in [1.165, 1.54) is 6.08 Å². The minimum Gasteiger partial charge on any atom is -0.489 e. The van der Waals surface area contributed by atoms with Crippen LogP contribution in [0.5, 0.6) is 11.5 Å². The van der Waals surface area contributed by atoms with Crippen LogP contribution < -0.4 is 14.8 Å². The number of nitrogens with zero attached hydrogens (tertiary/aromatic N) is 1. The van der Waals surface area contributed by atoms with E-state index in [1.54, 1.807) is 36.4 Å². The molecule has 0 saturated heterocycles. The molecule has 0 atom stereocenters. The van der Waals surface area contributed by atoms with Gasteiger partial charge in [0.1, 0.15) is 30.6 Å². The average molecular weight is 579 g/mol. The number of nitriles is 1. The molecule has 5 rings (SSSR count). The monoisotopic (exact) mass is 578 g/mol. The molecule has 0 spiro atoms. The number of anilines is 1. The number of amides is 1. The molecule has 0 radical (unpaired) electrons. The number of carbonyl (C=O) groups is 1. The van der Waals surface area contributed by atoms with Gasteiger partial charge in [-0.2, -0.15) is 5.26 Å². The van der Waals surface area contributed by atoms with Gasteiger partial charge in [-0.1, -0.05) is 89.9 Å². The third-order valence-corrected chi connectivity index (χ3v) is 6.82. The van der Waals surface area contributed by atoms with Crippen LogP contribution in [0.25, 0.3) is 16.8 Å². The zero-order chi connectivity index (χ0) is 28.6. The van der Waals surface area contributed by atoms with E-state index < -0.39 is 5.91 Å². The Morgan fingerprint density at radius 2 is 1.41 bits per heavy atom. The van der Waals surface area contributed by atoms with Gasteiger partial charge in [0.15, 0.2) is 5.75 Å². The lowest BCUT2D eigenvalue weighted by Gasteiger charge is -2.12. The standard InChI is InChI=1S/C34H24Cl2N2O3/c35-31-18-25(19-32(36)33(31)41-22-24-10-11-26-8-4-5-9-27(26)16-24)17-28(20-37)34(39)38-29-12-14-30(15-13-29)40-21-23-6-2-1-3-7-23/h1-19H,21-22H2,(H,38,39)/b28-17+. The van der Waals surface area contributed by atoms with Gasteiger partial charge in [0.25, 0.3) is 5.91 Å². The quantitative estimate of drug-likeness (QED) is 0.140. The molecule has 0 aromatic heterocycles. The van der Waals surface area contributed by atoms with Crippen molar-refractivity contribution in [1.29, 1.82) is 5.26 Å². The Morgan fingerprint density at radius 1 is 0.756 bits per heavy atom. The van der Waals surface area contributed by atoms with E-state index in [4.69, 9.17) is 32.7 Å². The van der Waals surface area contributed by atoms with Crippen molar-refractivity contribution in [2.24, 2.45) is 0 Å². The van der Waals surface area contributed by atoms with Crippen LogP contribution in [-0.4, -0.2) is 5.91 Å². The fourth-order valence-corrected chi connectivity index (χ4v) is 4.79. The van der Waals surface area contributed by atoms with E-state index in [0.29, 0.717) is 29.4 Å². The summed E-state index contributed by atoms with van der Waals surface area (Å²) in [5.41, 5.74) is 2.94. The lowest BCUT2D eigenvalue weighted by atomic mass is 10.1. The molecule has 202 valence electrons. The SMILES string of the molecule is N#C/C(=C\c1cc(Cl)c(OCc2ccc3ccccc3c2)c(Cl)c1)C(=O)Nc1ccc(OCc2ccccc2)cc1. The number of carbonyl (C=O) groups excluding carboxylic acids is 1. The topological polar surface area (TPSA) is 71.3 Å². The first-order valence-corrected chi connectivity index (χ1v) is 13.5. The predicted octanol–water partition coefficient (Wildman–Crippen LogP) is 8.85. The Morgan fingerprint density at radius 3 is 2.12 bits per heavy atom. The molecule has 5 aromatic rings. The molecule has 0 heterocycles. The van der Waals surface area contributed by atoms with Crippen LogP contribution >= 0.6 is 23.2 Å². The van der Waals surface area contributed by atoms with Crippen LogP contribution in [0.4, 0.5) is 5.69 Å². The molecule has 7 heteroatoms. The third-order valence-electron chi connectivity index (χ3n) is 6.25. The second kappa shape index (κ2) is 13.1. The highest BCUT2D eigenvalue weighted by Crippen LogP contribution is 2.35. The van der Waals surface area contributed by atoms with Gasteiger partial charge in [0.05, 0.1) is 10.0 Å². The van der Waals surface area contributed by atoms with Crippen molar-refractivity contribution in [3.05, 3.63) is 142 Å². The molecule has 0 aliphatic rings. The van der Waals surface area contributed by atoms with Crippen LogP contribution in [0.3, 0.4) is 0 Å². The maximum absolute atomic E-state index is 12.8. The van der Waals surface area contributed by atoms with Gasteiger partial charge in [-0.05, 0) is 76.0 Å². The fourth-order valence-electron chi connectivity index (χ4n) is 4.17. The normalized spacial score (nSPS) is 11.1. The molecular weight excluding hydrogens is 555 g/mol. The lowest BCUT2D eigenvalue weighted by molar-refractivity contribution is -0.112. The largest absolute Gasteiger partial charge is 0.489 e. The highest BCUT2D eigenvalue weighted by atomic mass is 35.5. The molecule has 1 N–H and O–H groups in total. The van der Waals surface area contributed by atoms with Gasteiger partial charge in [-0.15, -0.1) is 0 Å². The molecule has 0 aliphatic carbocycles. The summed E-state index contributed by atoms with van der Waals surface area (Å²) in [5, 5.41) is 15.2. The Bertz CT molecular complexity index is 1740. The first-order valence-electron chi connectivity index (χ1n) is 12.8. The number of hydrogen-bond acceptors (Lipinski definition) is 4. The van der Waals surface area contributed by atoms with Crippen LogP contribution in [0.1, 0.15) is 16.7 Å². The summed E-state index contributed by atoms with van der Waals surface area (Å²) in [5.74, 6) is 0.431. The number of benzene rings is 5. The number of hydrogen-bond donors (Lipinski definition) is 1. The average Bonchev–Trinajstić information content (AvgIpc) is 2.99. The van der Waals surface area contributed by atoms with E-state index in [1.807, 2.05) is 66.7 Å². The Kier molecular flexibility index (Phi) is 8.85. The summed E-state index contributed by atoms with van der Waals surface area (Å²) < 4.78 is 11.7. The van der Waals surface area contributed by atoms with Gasteiger partial charge in [-0.3, -0.25) is 4.79 Å². The minimum absolute atomic E-state index is 0.105. The van der Waals surface area contributed by atoms with Crippen LogP contribution in [-0.2, 0) is 18.0 Å². The number of halogens is 2. The second-order valence-electron chi connectivity index (χ2n) is 9.21. The van der Waals surface area contributed by atoms with Crippen molar-refractivity contribution in [2.45, 2.75) is 13.2 Å². The van der Waals surface area contributed by atoms with Crippen LogP contribution in [0, 0.1) is 11.3 Å². The summed E-state index contributed by atoms with van der Waals surface area (Å²) in [4.78, 5) is 12.8. The molecule has 41 heavy (non-hydrogen) atoms. The summed E-state index contributed by atoms with van der Waals surface area (Å²) in [7, 11) is 0. The molecule has 0 fully saturated rings. The van der Waals surface area contributed by atoms with E-state index >= 15 is 0 Å². The molecule has 0 unspecified atom stereocenters. The highest BCUT2D eigenvalue weighted by Gasteiger charge is 2.14. The number of nitrogens with one attached hydrogen (secondary N) is 1. The number of rotatable bonds is 9. The zero-order valence-corrected chi connectivity index (χ0v) is 23.3. The highest BCUT2D eigenvalue weighted by molar-refractivity contribution is 6.37. The van der Waals surface area contributed by atoms with Gasteiger partial charge in [-0.25, -0.2) is 0 Å². The molecule has 0 aliphatic heterocycles. The summed E-state index contributed by atoms with van der Waals surface area (Å²) in [6, 6.07) is 36.1. The molecule has 0 saturated carbocycles. The van der Waals surface area contributed by atoms with Crippen molar-refractivity contribution in [3.63, 3.8) is 0 Å². The van der Waals surface area contributed by atoms with Gasteiger partial charge < -0.3 is 14.8 Å². The van der Waals surface area contributed by atoms with Gasteiger partial charge in [0, 0.05) is 5.69 Å². The molecule has 1 amide bonds. The maximum Gasteiger partial charge on any atom is 0.266 e.